The maximum Gasteiger partial charge on any atom is 0.0483 e. The highest BCUT2D eigenvalue weighted by Gasteiger charge is 2.23. The molecular formula is C33H48ClN3. The standard InChI is InChI=1S/C33H47N3.ClH/c1-25-8-7-11-29(20-25)30(18-19-35-22-27-16-14-26(21-34)15-17-27)32-24-36(23-28-9-3-2-4-10-28)33-13-6-5-12-31(32)33;/h5-8,11-13,20,24,26-28,30,35H,2-4,9-10,14-19,21-23,34H2,1H3;1H. The van der Waals surface area contributed by atoms with E-state index < -0.39 is 0 Å². The average Bonchev–Trinajstić information content (AvgIpc) is 3.27. The number of nitrogens with zero attached hydrogens (tertiary/aromatic N) is 1. The summed E-state index contributed by atoms with van der Waals surface area (Å²) in [5.74, 6) is 2.83. The van der Waals surface area contributed by atoms with Crippen LogP contribution in [0.4, 0.5) is 0 Å². The highest BCUT2D eigenvalue weighted by Crippen LogP contribution is 2.36. The topological polar surface area (TPSA) is 43.0 Å². The smallest absolute Gasteiger partial charge is 0.0483 e. The van der Waals surface area contributed by atoms with E-state index in [2.05, 4.69) is 71.5 Å². The number of benzene rings is 2. The van der Waals surface area contributed by atoms with Crippen molar-refractivity contribution in [1.29, 1.82) is 0 Å². The molecule has 37 heavy (non-hydrogen) atoms. The van der Waals surface area contributed by atoms with Gasteiger partial charge in [0.2, 0.25) is 0 Å². The van der Waals surface area contributed by atoms with Crippen molar-refractivity contribution in [3.05, 3.63) is 71.4 Å². The second-order valence-corrected chi connectivity index (χ2v) is 11.8. The lowest BCUT2D eigenvalue weighted by Crippen LogP contribution is -2.29. The second-order valence-electron chi connectivity index (χ2n) is 11.8. The minimum Gasteiger partial charge on any atom is -0.347 e. The van der Waals surface area contributed by atoms with Crippen molar-refractivity contribution in [3.63, 3.8) is 0 Å². The second kappa shape index (κ2) is 13.8. The third kappa shape index (κ3) is 7.19. The Morgan fingerprint density at radius 1 is 0.892 bits per heavy atom. The molecule has 0 amide bonds. The summed E-state index contributed by atoms with van der Waals surface area (Å²) in [5, 5.41) is 5.30. The third-order valence-electron chi connectivity index (χ3n) is 9.16. The van der Waals surface area contributed by atoms with E-state index in [1.807, 2.05) is 0 Å². The fourth-order valence-electron chi connectivity index (χ4n) is 6.96. The van der Waals surface area contributed by atoms with Crippen LogP contribution < -0.4 is 11.1 Å². The first-order chi connectivity index (χ1) is 17.7. The van der Waals surface area contributed by atoms with Crippen molar-refractivity contribution >= 4 is 23.3 Å². The van der Waals surface area contributed by atoms with Crippen LogP contribution in [0.5, 0.6) is 0 Å². The van der Waals surface area contributed by atoms with Gasteiger partial charge in [-0.05, 0) is 106 Å². The molecule has 4 heteroatoms. The van der Waals surface area contributed by atoms with Gasteiger partial charge in [-0.15, -0.1) is 12.4 Å². The molecule has 0 aliphatic heterocycles. The van der Waals surface area contributed by atoms with Gasteiger partial charge in [0.25, 0.3) is 0 Å². The summed E-state index contributed by atoms with van der Waals surface area (Å²) < 4.78 is 2.59. The van der Waals surface area contributed by atoms with Crippen molar-refractivity contribution in [2.75, 3.05) is 19.6 Å². The summed E-state index contributed by atoms with van der Waals surface area (Å²) in [6.45, 7) is 6.49. The average molecular weight is 522 g/mol. The molecule has 1 atom stereocenters. The molecule has 3 nitrogen and oxygen atoms in total. The summed E-state index contributed by atoms with van der Waals surface area (Å²) in [6, 6.07) is 18.3. The molecule has 1 heterocycles. The molecular weight excluding hydrogens is 474 g/mol. The number of aryl methyl sites for hydroxylation is 1. The van der Waals surface area contributed by atoms with Crippen molar-refractivity contribution in [2.24, 2.45) is 23.5 Å². The Bertz CT molecular complexity index is 1090. The van der Waals surface area contributed by atoms with Gasteiger partial charge in [0.1, 0.15) is 0 Å². The minimum atomic E-state index is 0. The molecule has 0 bridgehead atoms. The van der Waals surface area contributed by atoms with Crippen LogP contribution in [0, 0.1) is 24.7 Å². The van der Waals surface area contributed by atoms with Gasteiger partial charge in [0, 0.05) is 29.6 Å². The largest absolute Gasteiger partial charge is 0.347 e. The summed E-state index contributed by atoms with van der Waals surface area (Å²) >= 11 is 0. The lowest BCUT2D eigenvalue weighted by Gasteiger charge is -2.28. The van der Waals surface area contributed by atoms with Crippen LogP contribution in [0.3, 0.4) is 0 Å². The molecule has 2 fully saturated rings. The predicted octanol–water partition coefficient (Wildman–Crippen LogP) is 7.83. The Balaban J connectivity index is 0.00000320. The maximum absolute atomic E-state index is 5.90. The zero-order valence-electron chi connectivity index (χ0n) is 22.8. The van der Waals surface area contributed by atoms with Crippen LogP contribution >= 0.6 is 12.4 Å². The van der Waals surface area contributed by atoms with E-state index in [1.165, 1.54) is 91.9 Å². The van der Waals surface area contributed by atoms with E-state index in [4.69, 9.17) is 5.73 Å². The molecule has 2 saturated carbocycles. The van der Waals surface area contributed by atoms with Crippen LogP contribution in [0.25, 0.3) is 10.9 Å². The predicted molar refractivity (Wildman–Crippen MR) is 161 cm³/mol. The molecule has 5 rings (SSSR count). The number of nitrogens with one attached hydrogen (secondary N) is 1. The number of aromatic nitrogens is 1. The highest BCUT2D eigenvalue weighted by molar-refractivity contribution is 5.85. The quantitative estimate of drug-likeness (QED) is 0.267. The highest BCUT2D eigenvalue weighted by atomic mass is 35.5. The van der Waals surface area contributed by atoms with E-state index in [0.717, 1.165) is 43.8 Å². The Morgan fingerprint density at radius 3 is 2.41 bits per heavy atom. The molecule has 1 unspecified atom stereocenters. The number of hydrogen-bond donors (Lipinski definition) is 2. The number of para-hydroxylation sites is 1. The van der Waals surface area contributed by atoms with Crippen LogP contribution in [0.1, 0.15) is 86.8 Å². The Kier molecular flexibility index (Phi) is 10.5. The van der Waals surface area contributed by atoms with Crippen molar-refractivity contribution < 1.29 is 0 Å². The van der Waals surface area contributed by atoms with E-state index in [9.17, 15) is 0 Å². The molecule has 202 valence electrons. The van der Waals surface area contributed by atoms with Crippen molar-refractivity contribution in [2.45, 2.75) is 83.6 Å². The molecule has 2 aliphatic carbocycles. The van der Waals surface area contributed by atoms with E-state index in [0.29, 0.717) is 5.92 Å². The Labute approximate surface area is 231 Å². The Morgan fingerprint density at radius 2 is 1.65 bits per heavy atom. The number of rotatable bonds is 10. The van der Waals surface area contributed by atoms with Gasteiger partial charge in [-0.3, -0.25) is 0 Å². The van der Waals surface area contributed by atoms with Crippen LogP contribution in [-0.2, 0) is 6.54 Å². The minimum absolute atomic E-state index is 0. The maximum atomic E-state index is 5.90. The molecule has 0 spiro atoms. The van der Waals surface area contributed by atoms with Crippen molar-refractivity contribution in [1.82, 2.24) is 9.88 Å². The van der Waals surface area contributed by atoms with E-state index in [-0.39, 0.29) is 12.4 Å². The molecule has 3 aromatic rings. The first kappa shape index (κ1) is 28.2. The van der Waals surface area contributed by atoms with Gasteiger partial charge in [-0.2, -0.15) is 0 Å². The van der Waals surface area contributed by atoms with Gasteiger partial charge < -0.3 is 15.6 Å². The van der Waals surface area contributed by atoms with Gasteiger partial charge in [0.05, 0.1) is 0 Å². The monoisotopic (exact) mass is 521 g/mol. The first-order valence-corrected chi connectivity index (χ1v) is 14.8. The summed E-state index contributed by atoms with van der Waals surface area (Å²) in [7, 11) is 0. The zero-order valence-corrected chi connectivity index (χ0v) is 23.7. The summed E-state index contributed by atoms with van der Waals surface area (Å²) in [6.07, 6.45) is 16.0. The molecule has 2 aromatic carbocycles. The normalized spacial score (nSPS) is 21.6. The molecule has 0 saturated heterocycles. The number of fused-ring (bicyclic) bond motifs is 1. The Hall–Kier alpha value is -1.81. The van der Waals surface area contributed by atoms with E-state index in [1.54, 1.807) is 0 Å². The zero-order chi connectivity index (χ0) is 24.7. The SMILES string of the molecule is Cc1cccc(C(CCNCC2CCC(CN)CC2)c2cn(CC3CCCCC3)c3ccccc23)c1.Cl. The van der Waals surface area contributed by atoms with Gasteiger partial charge >= 0.3 is 0 Å². The molecule has 0 radical (unpaired) electrons. The van der Waals surface area contributed by atoms with Gasteiger partial charge in [-0.1, -0.05) is 67.3 Å². The molecule has 2 aliphatic rings. The fourth-order valence-corrected chi connectivity index (χ4v) is 6.96. The third-order valence-corrected chi connectivity index (χ3v) is 9.16. The summed E-state index contributed by atoms with van der Waals surface area (Å²) in [5.41, 5.74) is 11.6. The molecule has 3 N–H and O–H groups in total. The number of nitrogens with two attached hydrogens (primary N) is 1. The van der Waals surface area contributed by atoms with Crippen molar-refractivity contribution in [3.8, 4) is 0 Å². The number of hydrogen-bond acceptors (Lipinski definition) is 2. The van der Waals surface area contributed by atoms with Crippen LogP contribution in [0.2, 0.25) is 0 Å². The lowest BCUT2D eigenvalue weighted by molar-refractivity contribution is 0.272. The first-order valence-electron chi connectivity index (χ1n) is 14.8. The fraction of sp³-hybridized carbons (Fsp3) is 0.576. The number of halogens is 1. The van der Waals surface area contributed by atoms with Gasteiger partial charge in [-0.25, -0.2) is 0 Å². The van der Waals surface area contributed by atoms with Crippen LogP contribution in [0.15, 0.2) is 54.7 Å². The van der Waals surface area contributed by atoms with E-state index >= 15 is 0 Å². The van der Waals surface area contributed by atoms with Crippen LogP contribution in [-0.4, -0.2) is 24.2 Å². The summed E-state index contributed by atoms with van der Waals surface area (Å²) in [4.78, 5) is 0. The lowest BCUT2D eigenvalue weighted by atomic mass is 9.82. The van der Waals surface area contributed by atoms with Gasteiger partial charge in [0.15, 0.2) is 0 Å². The molecule has 1 aromatic heterocycles.